The van der Waals surface area contributed by atoms with Crippen molar-refractivity contribution < 1.29 is 18.7 Å². The summed E-state index contributed by atoms with van der Waals surface area (Å²) in [5, 5.41) is 9.11. The quantitative estimate of drug-likeness (QED) is 0.657. The summed E-state index contributed by atoms with van der Waals surface area (Å²) in [6.07, 6.45) is 0. The van der Waals surface area contributed by atoms with Crippen LogP contribution in [0.15, 0.2) is 40.9 Å². The molecule has 1 heterocycles. The highest BCUT2D eigenvalue weighted by atomic mass is 79.9. The Balaban J connectivity index is 1.84. The summed E-state index contributed by atoms with van der Waals surface area (Å²) in [7, 11) is 3.07. The van der Waals surface area contributed by atoms with Gasteiger partial charge in [0.15, 0.2) is 5.82 Å². The molecule has 0 unspecified atom stereocenters. The van der Waals surface area contributed by atoms with Gasteiger partial charge in [0.25, 0.3) is 5.91 Å². The molecule has 2 N–H and O–H groups in total. The lowest BCUT2D eigenvalue weighted by Gasteiger charge is -2.07. The minimum Gasteiger partial charge on any atom is -0.497 e. The van der Waals surface area contributed by atoms with Gasteiger partial charge in [-0.05, 0) is 30.3 Å². The van der Waals surface area contributed by atoms with Crippen LogP contribution in [0.3, 0.4) is 0 Å². The van der Waals surface area contributed by atoms with Crippen molar-refractivity contribution in [2.24, 2.45) is 0 Å². The zero-order valence-electron chi connectivity index (χ0n) is 13.8. The Morgan fingerprint density at radius 2 is 2.00 bits per heavy atom. The van der Waals surface area contributed by atoms with Gasteiger partial charge in [-0.3, -0.25) is 15.2 Å². The van der Waals surface area contributed by atoms with Crippen LogP contribution in [0.2, 0.25) is 0 Å². The third kappa shape index (κ3) is 3.67. The van der Waals surface area contributed by atoms with Crippen molar-refractivity contribution in [1.29, 1.82) is 0 Å². The number of methoxy groups -OCH3 is 2. The highest BCUT2D eigenvalue weighted by Crippen LogP contribution is 2.31. The van der Waals surface area contributed by atoms with Crippen LogP contribution in [0.5, 0.6) is 11.5 Å². The lowest BCUT2D eigenvalue weighted by molar-refractivity contribution is 0.102. The number of aromatic nitrogens is 3. The van der Waals surface area contributed by atoms with E-state index in [0.29, 0.717) is 27.4 Å². The molecule has 3 rings (SSSR count). The molecule has 9 heteroatoms. The molecule has 0 aliphatic carbocycles. The largest absolute Gasteiger partial charge is 0.497 e. The number of carbonyl (C=O) groups excluding carboxylic acids is 1. The van der Waals surface area contributed by atoms with Crippen LogP contribution in [-0.4, -0.2) is 35.3 Å². The molecule has 0 bridgehead atoms. The Morgan fingerprint density at radius 1 is 1.19 bits per heavy atom. The van der Waals surface area contributed by atoms with Crippen molar-refractivity contribution in [3.8, 4) is 22.9 Å². The number of carbonyl (C=O) groups is 1. The Hall–Kier alpha value is -2.94. The van der Waals surface area contributed by atoms with E-state index in [2.05, 4.69) is 36.4 Å². The summed E-state index contributed by atoms with van der Waals surface area (Å²) in [4.78, 5) is 16.4. The summed E-state index contributed by atoms with van der Waals surface area (Å²) in [6, 6.07) is 9.28. The van der Waals surface area contributed by atoms with Crippen LogP contribution < -0.4 is 14.8 Å². The number of H-pyrrole nitrogens is 1. The fourth-order valence-electron chi connectivity index (χ4n) is 2.27. The Bertz CT molecular complexity index is 961. The molecular weight excluding hydrogens is 407 g/mol. The number of rotatable bonds is 5. The number of halogens is 2. The van der Waals surface area contributed by atoms with Crippen molar-refractivity contribution in [2.75, 3.05) is 19.5 Å². The molecule has 0 fully saturated rings. The maximum atomic E-state index is 13.8. The standard InChI is InChI=1S/C17H14BrFN4O3/c1-25-10-4-5-11(14(8-10)26-2)15-20-17(23-22-15)21-16(24)12-7-9(18)3-6-13(12)19/h3-8H,1-2H3,(H2,20,21,22,23,24). The van der Waals surface area contributed by atoms with Gasteiger partial charge in [-0.15, -0.1) is 5.10 Å². The number of aromatic amines is 1. The van der Waals surface area contributed by atoms with Gasteiger partial charge in [0.05, 0.1) is 25.3 Å². The van der Waals surface area contributed by atoms with Crippen LogP contribution in [0.25, 0.3) is 11.4 Å². The predicted octanol–water partition coefficient (Wildman–Crippen LogP) is 3.64. The molecule has 7 nitrogen and oxygen atoms in total. The zero-order valence-corrected chi connectivity index (χ0v) is 15.4. The van der Waals surface area contributed by atoms with Gasteiger partial charge in [-0.1, -0.05) is 15.9 Å². The van der Waals surface area contributed by atoms with Crippen molar-refractivity contribution >= 4 is 27.8 Å². The second-order valence-electron chi connectivity index (χ2n) is 5.15. The fourth-order valence-corrected chi connectivity index (χ4v) is 2.63. The summed E-state index contributed by atoms with van der Waals surface area (Å²) in [5.41, 5.74) is 0.516. The third-order valence-corrected chi connectivity index (χ3v) is 4.04. The molecule has 0 saturated carbocycles. The number of anilines is 1. The number of nitrogens with zero attached hydrogens (tertiary/aromatic N) is 2. The predicted molar refractivity (Wildman–Crippen MR) is 97.0 cm³/mol. The van der Waals surface area contributed by atoms with Crippen molar-refractivity contribution in [1.82, 2.24) is 15.2 Å². The van der Waals surface area contributed by atoms with Gasteiger partial charge in [-0.25, -0.2) is 4.39 Å². The molecule has 0 saturated heterocycles. The lowest BCUT2D eigenvalue weighted by Crippen LogP contribution is -2.14. The minimum atomic E-state index is -0.656. The monoisotopic (exact) mass is 420 g/mol. The van der Waals surface area contributed by atoms with Crippen LogP contribution in [0.1, 0.15) is 10.4 Å². The second kappa shape index (κ2) is 7.52. The van der Waals surface area contributed by atoms with E-state index in [-0.39, 0.29) is 11.5 Å². The molecule has 0 atom stereocenters. The molecule has 3 aromatic rings. The van der Waals surface area contributed by atoms with Gasteiger partial charge in [-0.2, -0.15) is 4.98 Å². The number of benzene rings is 2. The maximum Gasteiger partial charge on any atom is 0.261 e. The van der Waals surface area contributed by atoms with Crippen LogP contribution in [0, 0.1) is 5.82 Å². The van der Waals surface area contributed by atoms with E-state index in [1.165, 1.54) is 25.3 Å². The van der Waals surface area contributed by atoms with E-state index in [1.54, 1.807) is 25.3 Å². The van der Waals surface area contributed by atoms with Crippen LogP contribution in [-0.2, 0) is 0 Å². The first-order valence-corrected chi connectivity index (χ1v) is 8.22. The number of hydrogen-bond acceptors (Lipinski definition) is 5. The van der Waals surface area contributed by atoms with Crippen molar-refractivity contribution in [2.45, 2.75) is 0 Å². The molecule has 134 valence electrons. The first-order chi connectivity index (χ1) is 12.5. The van der Waals surface area contributed by atoms with Crippen molar-refractivity contribution in [3.63, 3.8) is 0 Å². The Morgan fingerprint density at radius 3 is 2.73 bits per heavy atom. The molecule has 2 aromatic carbocycles. The first-order valence-electron chi connectivity index (χ1n) is 7.43. The maximum absolute atomic E-state index is 13.8. The first kappa shape index (κ1) is 17.9. The summed E-state index contributed by atoms with van der Waals surface area (Å²) in [5.74, 6) is 0.256. The van der Waals surface area contributed by atoms with Gasteiger partial charge in [0, 0.05) is 10.5 Å². The normalized spacial score (nSPS) is 10.5. The fraction of sp³-hybridized carbons (Fsp3) is 0.118. The summed E-state index contributed by atoms with van der Waals surface area (Å²) in [6.45, 7) is 0. The van der Waals surface area contributed by atoms with Gasteiger partial charge >= 0.3 is 0 Å². The Kier molecular flexibility index (Phi) is 5.17. The second-order valence-corrected chi connectivity index (χ2v) is 6.07. The molecule has 26 heavy (non-hydrogen) atoms. The van der Waals surface area contributed by atoms with Gasteiger partial charge in [0.2, 0.25) is 5.95 Å². The Labute approximate surface area is 156 Å². The van der Waals surface area contributed by atoms with Crippen LogP contribution >= 0.6 is 15.9 Å². The summed E-state index contributed by atoms with van der Waals surface area (Å²) >= 11 is 3.20. The minimum absolute atomic E-state index is 0.0160. The molecular formula is C17H14BrFN4O3. The number of ether oxygens (including phenoxy) is 2. The average molecular weight is 421 g/mol. The van der Waals surface area contributed by atoms with E-state index >= 15 is 0 Å². The number of nitrogens with one attached hydrogen (secondary N) is 2. The third-order valence-electron chi connectivity index (χ3n) is 3.55. The molecule has 0 aliphatic rings. The lowest BCUT2D eigenvalue weighted by atomic mass is 10.2. The van der Waals surface area contributed by atoms with E-state index < -0.39 is 11.7 Å². The van der Waals surface area contributed by atoms with E-state index in [4.69, 9.17) is 9.47 Å². The molecule has 0 aliphatic heterocycles. The van der Waals surface area contributed by atoms with E-state index in [9.17, 15) is 9.18 Å². The zero-order chi connectivity index (χ0) is 18.7. The highest BCUT2D eigenvalue weighted by Gasteiger charge is 2.16. The smallest absolute Gasteiger partial charge is 0.261 e. The number of hydrogen-bond donors (Lipinski definition) is 2. The summed E-state index contributed by atoms with van der Waals surface area (Å²) < 4.78 is 24.9. The van der Waals surface area contributed by atoms with Gasteiger partial charge < -0.3 is 9.47 Å². The molecule has 0 spiro atoms. The van der Waals surface area contributed by atoms with Crippen molar-refractivity contribution in [3.05, 3.63) is 52.3 Å². The van der Waals surface area contributed by atoms with Crippen LogP contribution in [0.4, 0.5) is 10.3 Å². The van der Waals surface area contributed by atoms with Gasteiger partial charge in [0.1, 0.15) is 17.3 Å². The van der Waals surface area contributed by atoms with E-state index in [1.807, 2.05) is 0 Å². The number of amides is 1. The molecule has 1 aromatic heterocycles. The highest BCUT2D eigenvalue weighted by molar-refractivity contribution is 9.10. The topological polar surface area (TPSA) is 89.1 Å². The molecule has 1 amide bonds. The SMILES string of the molecule is COc1ccc(-c2nc(NC(=O)c3cc(Br)ccc3F)n[nH]2)c(OC)c1. The average Bonchev–Trinajstić information content (AvgIpc) is 3.11. The van der Waals surface area contributed by atoms with E-state index in [0.717, 1.165) is 0 Å². The molecule has 0 radical (unpaired) electrons.